The van der Waals surface area contributed by atoms with E-state index in [-0.39, 0.29) is 23.4 Å². The van der Waals surface area contributed by atoms with Crippen LogP contribution in [0.5, 0.6) is 0 Å². The molecule has 0 radical (unpaired) electrons. The fourth-order valence-corrected chi connectivity index (χ4v) is 3.04. The van der Waals surface area contributed by atoms with Crippen LogP contribution in [0.25, 0.3) is 0 Å². The molecule has 2 aromatic rings. The van der Waals surface area contributed by atoms with Crippen molar-refractivity contribution in [3.8, 4) is 0 Å². The van der Waals surface area contributed by atoms with E-state index in [1.54, 1.807) is 22.3 Å². The molecule has 1 aliphatic carbocycles. The van der Waals surface area contributed by atoms with Gasteiger partial charge in [0.05, 0.1) is 13.1 Å². The Morgan fingerprint density at radius 3 is 2.91 bits per heavy atom. The standard InChI is InChI=1S/C16H19N3O3S/c1-2-17-15(20)14-8-12(22-18-14)9-19(16(21)11-5-6-11)10-13-4-3-7-23-13/h3-4,7-8,11H,2,5-6,9-10H2,1H3,(H,17,20). The molecule has 2 heterocycles. The molecule has 0 spiro atoms. The van der Waals surface area contributed by atoms with Gasteiger partial charge in [-0.05, 0) is 31.2 Å². The third kappa shape index (κ3) is 3.98. The number of hydrogen-bond acceptors (Lipinski definition) is 5. The fraction of sp³-hybridized carbons (Fsp3) is 0.438. The second kappa shape index (κ2) is 6.95. The van der Waals surface area contributed by atoms with E-state index in [1.165, 1.54) is 0 Å². The summed E-state index contributed by atoms with van der Waals surface area (Å²) in [6.45, 7) is 3.27. The second-order valence-electron chi connectivity index (χ2n) is 5.59. The van der Waals surface area contributed by atoms with E-state index in [4.69, 9.17) is 4.52 Å². The Labute approximate surface area is 138 Å². The van der Waals surface area contributed by atoms with Gasteiger partial charge in [0.15, 0.2) is 11.5 Å². The van der Waals surface area contributed by atoms with Crippen molar-refractivity contribution in [2.45, 2.75) is 32.9 Å². The Hall–Kier alpha value is -2.15. The van der Waals surface area contributed by atoms with Gasteiger partial charge in [-0.3, -0.25) is 9.59 Å². The van der Waals surface area contributed by atoms with E-state index in [0.717, 1.165) is 17.7 Å². The Balaban J connectivity index is 1.70. The molecule has 0 aliphatic heterocycles. The molecule has 23 heavy (non-hydrogen) atoms. The summed E-state index contributed by atoms with van der Waals surface area (Å²) < 4.78 is 5.23. The lowest BCUT2D eigenvalue weighted by Crippen LogP contribution is -2.30. The normalized spacial score (nSPS) is 13.8. The predicted octanol–water partition coefficient (Wildman–Crippen LogP) is 2.42. The van der Waals surface area contributed by atoms with Crippen molar-refractivity contribution in [1.82, 2.24) is 15.4 Å². The van der Waals surface area contributed by atoms with E-state index < -0.39 is 0 Å². The highest BCUT2D eigenvalue weighted by molar-refractivity contribution is 7.09. The summed E-state index contributed by atoms with van der Waals surface area (Å²) in [6, 6.07) is 5.59. The molecule has 7 heteroatoms. The van der Waals surface area contributed by atoms with Gasteiger partial charge in [-0.2, -0.15) is 0 Å². The van der Waals surface area contributed by atoms with Crippen molar-refractivity contribution < 1.29 is 14.1 Å². The van der Waals surface area contributed by atoms with Crippen LogP contribution < -0.4 is 5.32 Å². The molecule has 2 amide bonds. The molecule has 1 N–H and O–H groups in total. The van der Waals surface area contributed by atoms with Crippen LogP contribution in [-0.2, 0) is 17.9 Å². The van der Waals surface area contributed by atoms with Crippen LogP contribution in [0.4, 0.5) is 0 Å². The number of thiophene rings is 1. The summed E-state index contributed by atoms with van der Waals surface area (Å²) in [5, 5.41) is 8.45. The Kier molecular flexibility index (Phi) is 4.76. The number of hydrogen-bond donors (Lipinski definition) is 1. The van der Waals surface area contributed by atoms with Gasteiger partial charge in [0.25, 0.3) is 5.91 Å². The van der Waals surface area contributed by atoms with Crippen molar-refractivity contribution in [3.63, 3.8) is 0 Å². The number of carbonyl (C=O) groups excluding carboxylic acids is 2. The van der Waals surface area contributed by atoms with Crippen LogP contribution >= 0.6 is 11.3 Å². The lowest BCUT2D eigenvalue weighted by atomic mass is 10.2. The number of amides is 2. The first-order valence-electron chi connectivity index (χ1n) is 7.72. The third-order valence-electron chi connectivity index (χ3n) is 3.64. The SMILES string of the molecule is CCNC(=O)c1cc(CN(Cc2cccs2)C(=O)C2CC2)on1. The summed E-state index contributed by atoms with van der Waals surface area (Å²) in [6.07, 6.45) is 1.92. The Morgan fingerprint density at radius 2 is 2.26 bits per heavy atom. The Bertz CT molecular complexity index is 677. The number of nitrogens with one attached hydrogen (secondary N) is 1. The van der Waals surface area contributed by atoms with E-state index in [2.05, 4.69) is 10.5 Å². The molecule has 2 aromatic heterocycles. The molecular formula is C16H19N3O3S. The van der Waals surface area contributed by atoms with Crippen molar-refractivity contribution in [1.29, 1.82) is 0 Å². The summed E-state index contributed by atoms with van der Waals surface area (Å²) in [7, 11) is 0. The molecule has 0 atom stereocenters. The number of nitrogens with zero attached hydrogens (tertiary/aromatic N) is 2. The summed E-state index contributed by atoms with van der Waals surface area (Å²) in [5.41, 5.74) is 0.247. The Morgan fingerprint density at radius 1 is 1.43 bits per heavy atom. The van der Waals surface area contributed by atoms with Gasteiger partial charge < -0.3 is 14.7 Å². The maximum Gasteiger partial charge on any atom is 0.273 e. The largest absolute Gasteiger partial charge is 0.359 e. The van der Waals surface area contributed by atoms with E-state index in [9.17, 15) is 9.59 Å². The molecule has 122 valence electrons. The maximum atomic E-state index is 12.5. The number of carbonyl (C=O) groups is 2. The van der Waals surface area contributed by atoms with E-state index in [1.807, 2.05) is 24.4 Å². The summed E-state index contributed by atoms with van der Waals surface area (Å²) >= 11 is 1.62. The molecule has 0 bridgehead atoms. The zero-order chi connectivity index (χ0) is 16.2. The molecule has 3 rings (SSSR count). The smallest absolute Gasteiger partial charge is 0.273 e. The number of aromatic nitrogens is 1. The van der Waals surface area contributed by atoms with Crippen molar-refractivity contribution >= 4 is 23.2 Å². The van der Waals surface area contributed by atoms with Gasteiger partial charge in [0.1, 0.15) is 0 Å². The number of rotatable bonds is 7. The second-order valence-corrected chi connectivity index (χ2v) is 6.62. The van der Waals surface area contributed by atoms with Crippen molar-refractivity contribution in [2.24, 2.45) is 5.92 Å². The van der Waals surface area contributed by atoms with Gasteiger partial charge in [-0.25, -0.2) is 0 Å². The van der Waals surface area contributed by atoms with Gasteiger partial charge in [-0.1, -0.05) is 11.2 Å². The molecular weight excluding hydrogens is 314 g/mol. The van der Waals surface area contributed by atoms with Crippen LogP contribution in [0.2, 0.25) is 0 Å². The molecule has 0 unspecified atom stereocenters. The molecule has 1 fully saturated rings. The molecule has 6 nitrogen and oxygen atoms in total. The van der Waals surface area contributed by atoms with Gasteiger partial charge in [0.2, 0.25) is 5.91 Å². The minimum atomic E-state index is -0.263. The zero-order valence-electron chi connectivity index (χ0n) is 12.9. The third-order valence-corrected chi connectivity index (χ3v) is 4.50. The van der Waals surface area contributed by atoms with E-state index in [0.29, 0.717) is 25.4 Å². The van der Waals surface area contributed by atoms with Crippen LogP contribution in [0, 0.1) is 5.92 Å². The molecule has 0 saturated heterocycles. The summed E-state index contributed by atoms with van der Waals surface area (Å²) in [4.78, 5) is 27.1. The minimum absolute atomic E-state index is 0.140. The molecule has 1 aliphatic rings. The minimum Gasteiger partial charge on any atom is -0.359 e. The topological polar surface area (TPSA) is 75.4 Å². The highest BCUT2D eigenvalue weighted by Crippen LogP contribution is 2.32. The van der Waals surface area contributed by atoms with Crippen LogP contribution in [0.3, 0.4) is 0 Å². The van der Waals surface area contributed by atoms with Gasteiger partial charge in [0, 0.05) is 23.4 Å². The first kappa shape index (κ1) is 15.7. The average Bonchev–Trinajstić information content (AvgIpc) is 3.06. The average molecular weight is 333 g/mol. The van der Waals surface area contributed by atoms with Crippen LogP contribution in [0.15, 0.2) is 28.1 Å². The van der Waals surface area contributed by atoms with Crippen LogP contribution in [-0.4, -0.2) is 28.4 Å². The van der Waals surface area contributed by atoms with E-state index >= 15 is 0 Å². The quantitative estimate of drug-likeness (QED) is 0.844. The molecule has 1 saturated carbocycles. The van der Waals surface area contributed by atoms with Crippen molar-refractivity contribution in [3.05, 3.63) is 39.9 Å². The molecule has 0 aromatic carbocycles. The maximum absolute atomic E-state index is 12.5. The fourth-order valence-electron chi connectivity index (χ4n) is 2.32. The van der Waals surface area contributed by atoms with Crippen LogP contribution in [0.1, 0.15) is 40.9 Å². The monoisotopic (exact) mass is 333 g/mol. The summed E-state index contributed by atoms with van der Waals surface area (Å²) in [5.74, 6) is 0.549. The lowest BCUT2D eigenvalue weighted by Gasteiger charge is -2.20. The zero-order valence-corrected chi connectivity index (χ0v) is 13.8. The first-order chi connectivity index (χ1) is 11.2. The van der Waals surface area contributed by atoms with Gasteiger partial charge >= 0.3 is 0 Å². The van der Waals surface area contributed by atoms with Crippen molar-refractivity contribution in [2.75, 3.05) is 6.54 Å². The highest BCUT2D eigenvalue weighted by atomic mass is 32.1. The van der Waals surface area contributed by atoms with Gasteiger partial charge in [-0.15, -0.1) is 11.3 Å². The highest BCUT2D eigenvalue weighted by Gasteiger charge is 2.34. The first-order valence-corrected chi connectivity index (χ1v) is 8.60. The predicted molar refractivity (Wildman–Crippen MR) is 85.8 cm³/mol. The lowest BCUT2D eigenvalue weighted by molar-refractivity contribution is -0.134.